The van der Waals surface area contributed by atoms with Gasteiger partial charge in [-0.15, -0.1) is 0 Å². The highest BCUT2D eigenvalue weighted by Crippen LogP contribution is 2.22. The van der Waals surface area contributed by atoms with Crippen LogP contribution in [0.5, 0.6) is 0 Å². The molecular formula is C16H14N4O2S. The highest BCUT2D eigenvalue weighted by Gasteiger charge is 2.15. The average molecular weight is 326 g/mol. The number of anilines is 1. The van der Waals surface area contributed by atoms with Crippen molar-refractivity contribution >= 4 is 26.7 Å². The summed E-state index contributed by atoms with van der Waals surface area (Å²) in [5, 5.41) is 8.89. The van der Waals surface area contributed by atoms with Gasteiger partial charge in [0.1, 0.15) is 5.82 Å². The molecule has 23 heavy (non-hydrogen) atoms. The monoisotopic (exact) mass is 326 g/mol. The second-order valence-corrected chi connectivity index (χ2v) is 6.85. The van der Waals surface area contributed by atoms with Crippen LogP contribution in [-0.4, -0.2) is 18.0 Å². The predicted octanol–water partition coefficient (Wildman–Crippen LogP) is 2.55. The summed E-state index contributed by atoms with van der Waals surface area (Å²) in [6.07, 6.45) is 0. The average Bonchev–Trinajstić information content (AvgIpc) is 2.81. The van der Waals surface area contributed by atoms with Crippen molar-refractivity contribution in [1.82, 2.24) is 9.55 Å². The van der Waals surface area contributed by atoms with E-state index in [0.29, 0.717) is 11.3 Å². The molecule has 3 aromatic rings. The van der Waals surface area contributed by atoms with Crippen LogP contribution in [0, 0.1) is 18.3 Å². The lowest BCUT2D eigenvalue weighted by Crippen LogP contribution is -2.13. The number of hydrogen-bond donors (Lipinski definition) is 1. The smallest absolute Gasteiger partial charge is 0.261 e. The maximum atomic E-state index is 12.4. The van der Waals surface area contributed by atoms with Gasteiger partial charge in [-0.05, 0) is 43.3 Å². The molecule has 0 atom stereocenters. The van der Waals surface area contributed by atoms with Crippen LogP contribution < -0.4 is 4.72 Å². The normalized spacial score (nSPS) is 11.3. The molecule has 0 saturated heterocycles. The van der Waals surface area contributed by atoms with E-state index in [1.54, 1.807) is 24.3 Å². The second kappa shape index (κ2) is 5.41. The standard InChI is InChI=1S/C16H14N4O2S/c1-11-18-15-9-13(6-7-16(15)20(11)2)19-23(21,22)14-5-3-4-12(8-14)10-17/h3-9,19H,1-2H3. The quantitative estimate of drug-likeness (QED) is 0.801. The van der Waals surface area contributed by atoms with Crippen LogP contribution >= 0.6 is 0 Å². The Labute approximate surface area is 134 Å². The van der Waals surface area contributed by atoms with E-state index >= 15 is 0 Å². The molecule has 7 heteroatoms. The van der Waals surface area contributed by atoms with Crippen molar-refractivity contribution in [2.45, 2.75) is 11.8 Å². The molecule has 1 N–H and O–H groups in total. The number of sulfonamides is 1. The largest absolute Gasteiger partial charge is 0.331 e. The van der Waals surface area contributed by atoms with Crippen molar-refractivity contribution < 1.29 is 8.42 Å². The van der Waals surface area contributed by atoms with Gasteiger partial charge in [0.25, 0.3) is 10.0 Å². The lowest BCUT2D eigenvalue weighted by atomic mass is 10.2. The van der Waals surface area contributed by atoms with Gasteiger partial charge >= 0.3 is 0 Å². The zero-order valence-electron chi connectivity index (χ0n) is 12.6. The summed E-state index contributed by atoms with van der Waals surface area (Å²) in [5.74, 6) is 0.849. The number of aryl methyl sites for hydroxylation is 2. The summed E-state index contributed by atoms with van der Waals surface area (Å²) in [5.41, 5.74) is 2.37. The van der Waals surface area contributed by atoms with Gasteiger partial charge in [-0.3, -0.25) is 4.72 Å². The molecule has 0 aliphatic heterocycles. The van der Waals surface area contributed by atoms with Crippen LogP contribution in [0.2, 0.25) is 0 Å². The Morgan fingerprint density at radius 1 is 1.22 bits per heavy atom. The first-order valence-electron chi connectivity index (χ1n) is 6.87. The van der Waals surface area contributed by atoms with E-state index in [0.717, 1.165) is 16.9 Å². The predicted molar refractivity (Wildman–Crippen MR) is 87.4 cm³/mol. The highest BCUT2D eigenvalue weighted by atomic mass is 32.2. The van der Waals surface area contributed by atoms with E-state index in [-0.39, 0.29) is 4.90 Å². The van der Waals surface area contributed by atoms with Gasteiger partial charge in [0.15, 0.2) is 0 Å². The Hall–Kier alpha value is -2.85. The van der Waals surface area contributed by atoms with Gasteiger partial charge in [-0.25, -0.2) is 13.4 Å². The number of rotatable bonds is 3. The van der Waals surface area contributed by atoms with Crippen molar-refractivity contribution in [2.24, 2.45) is 7.05 Å². The minimum absolute atomic E-state index is 0.0499. The van der Waals surface area contributed by atoms with Crippen molar-refractivity contribution in [3.63, 3.8) is 0 Å². The zero-order valence-corrected chi connectivity index (χ0v) is 13.4. The van der Waals surface area contributed by atoms with Crippen LogP contribution in [0.15, 0.2) is 47.4 Å². The van der Waals surface area contributed by atoms with E-state index in [4.69, 9.17) is 5.26 Å². The third-order valence-electron chi connectivity index (χ3n) is 3.63. The molecule has 6 nitrogen and oxygen atoms in total. The maximum Gasteiger partial charge on any atom is 0.261 e. The van der Waals surface area contributed by atoms with Crippen LogP contribution in [0.4, 0.5) is 5.69 Å². The van der Waals surface area contributed by atoms with Crippen LogP contribution in [-0.2, 0) is 17.1 Å². The Morgan fingerprint density at radius 2 is 2.00 bits per heavy atom. The van der Waals surface area contributed by atoms with Crippen molar-refractivity contribution in [3.05, 3.63) is 53.9 Å². The SMILES string of the molecule is Cc1nc2cc(NS(=O)(=O)c3cccc(C#N)c3)ccc2n1C. The van der Waals surface area contributed by atoms with Gasteiger partial charge in [0, 0.05) is 7.05 Å². The maximum absolute atomic E-state index is 12.4. The van der Waals surface area contributed by atoms with Crippen molar-refractivity contribution in [2.75, 3.05) is 4.72 Å². The molecule has 0 bridgehead atoms. The zero-order chi connectivity index (χ0) is 16.6. The lowest BCUT2D eigenvalue weighted by Gasteiger charge is -2.08. The minimum Gasteiger partial charge on any atom is -0.331 e. The van der Waals surface area contributed by atoms with Crippen molar-refractivity contribution in [3.8, 4) is 6.07 Å². The first-order chi connectivity index (χ1) is 10.9. The molecule has 0 saturated carbocycles. The summed E-state index contributed by atoms with van der Waals surface area (Å²) in [6.45, 7) is 1.89. The van der Waals surface area contributed by atoms with E-state index in [1.165, 1.54) is 12.1 Å². The Bertz CT molecular complexity index is 1050. The van der Waals surface area contributed by atoms with Crippen molar-refractivity contribution in [1.29, 1.82) is 5.26 Å². The van der Waals surface area contributed by atoms with Crippen LogP contribution in [0.3, 0.4) is 0 Å². The van der Waals surface area contributed by atoms with Gasteiger partial charge in [0.2, 0.25) is 0 Å². The topological polar surface area (TPSA) is 87.8 Å². The van der Waals surface area contributed by atoms with Gasteiger partial charge < -0.3 is 4.57 Å². The fourth-order valence-electron chi connectivity index (χ4n) is 2.33. The Balaban J connectivity index is 1.98. The summed E-state index contributed by atoms with van der Waals surface area (Å²) in [4.78, 5) is 4.44. The number of aromatic nitrogens is 2. The first-order valence-corrected chi connectivity index (χ1v) is 8.35. The molecule has 116 valence electrons. The number of hydrogen-bond acceptors (Lipinski definition) is 4. The van der Waals surface area contributed by atoms with Gasteiger partial charge in [-0.1, -0.05) is 6.07 Å². The third-order valence-corrected chi connectivity index (χ3v) is 5.01. The van der Waals surface area contributed by atoms with E-state index in [9.17, 15) is 8.42 Å². The Morgan fingerprint density at radius 3 is 2.74 bits per heavy atom. The van der Waals surface area contributed by atoms with Crippen LogP contribution in [0.1, 0.15) is 11.4 Å². The van der Waals surface area contributed by atoms with E-state index < -0.39 is 10.0 Å². The molecule has 1 heterocycles. The number of benzene rings is 2. The second-order valence-electron chi connectivity index (χ2n) is 5.17. The minimum atomic E-state index is -3.75. The van der Waals surface area contributed by atoms with E-state index in [2.05, 4.69) is 9.71 Å². The Kier molecular flexibility index (Phi) is 3.54. The lowest BCUT2D eigenvalue weighted by molar-refractivity contribution is 0.601. The summed E-state index contributed by atoms with van der Waals surface area (Å²) in [6, 6.07) is 13.0. The van der Waals surface area contributed by atoms with E-state index in [1.807, 2.05) is 30.7 Å². The molecule has 3 rings (SSSR count). The number of imidazole rings is 1. The highest BCUT2D eigenvalue weighted by molar-refractivity contribution is 7.92. The molecule has 1 aromatic heterocycles. The molecule has 0 unspecified atom stereocenters. The summed E-state index contributed by atoms with van der Waals surface area (Å²) < 4.78 is 29.3. The summed E-state index contributed by atoms with van der Waals surface area (Å²) in [7, 11) is -1.85. The number of nitrogens with zero attached hydrogens (tertiary/aromatic N) is 3. The molecule has 0 amide bonds. The number of nitriles is 1. The van der Waals surface area contributed by atoms with Crippen LogP contribution in [0.25, 0.3) is 11.0 Å². The number of fused-ring (bicyclic) bond motifs is 1. The molecule has 0 spiro atoms. The van der Waals surface area contributed by atoms with Gasteiger partial charge in [-0.2, -0.15) is 5.26 Å². The third kappa shape index (κ3) is 2.76. The fourth-order valence-corrected chi connectivity index (χ4v) is 3.43. The molecule has 0 aliphatic rings. The first kappa shape index (κ1) is 15.1. The fraction of sp³-hybridized carbons (Fsp3) is 0.125. The molecule has 0 fully saturated rings. The molecule has 0 radical (unpaired) electrons. The summed E-state index contributed by atoms with van der Waals surface area (Å²) >= 11 is 0. The van der Waals surface area contributed by atoms with Gasteiger partial charge in [0.05, 0.1) is 33.2 Å². The number of nitrogens with one attached hydrogen (secondary N) is 1. The molecule has 0 aliphatic carbocycles. The molecule has 2 aromatic carbocycles. The molecular weight excluding hydrogens is 312 g/mol.